The SMILES string of the molecule is Cc1ccc(C)c(SC(CC(=O)O)C(F)(F)F)c1. The molecule has 100 valence electrons. The van der Waals surface area contributed by atoms with Crippen LogP contribution in [-0.2, 0) is 4.79 Å². The molecule has 0 spiro atoms. The van der Waals surface area contributed by atoms with E-state index in [0.29, 0.717) is 22.2 Å². The van der Waals surface area contributed by atoms with Crippen LogP contribution in [0.15, 0.2) is 23.1 Å². The summed E-state index contributed by atoms with van der Waals surface area (Å²) in [6.07, 6.45) is -5.46. The van der Waals surface area contributed by atoms with Gasteiger partial charge in [0, 0.05) is 4.90 Å². The molecular weight excluding hydrogens is 265 g/mol. The van der Waals surface area contributed by atoms with Crippen LogP contribution < -0.4 is 0 Å². The fourth-order valence-electron chi connectivity index (χ4n) is 1.37. The van der Waals surface area contributed by atoms with E-state index < -0.39 is 23.8 Å². The van der Waals surface area contributed by atoms with Crippen molar-refractivity contribution >= 4 is 17.7 Å². The van der Waals surface area contributed by atoms with Gasteiger partial charge in [-0.05, 0) is 25.5 Å². The summed E-state index contributed by atoms with van der Waals surface area (Å²) in [5.74, 6) is -1.45. The molecule has 0 amide bonds. The van der Waals surface area contributed by atoms with Crippen LogP contribution in [0, 0.1) is 13.8 Å². The van der Waals surface area contributed by atoms with Crippen molar-refractivity contribution in [2.45, 2.75) is 36.6 Å². The summed E-state index contributed by atoms with van der Waals surface area (Å²) in [7, 11) is 0. The van der Waals surface area contributed by atoms with Crippen LogP contribution in [0.2, 0.25) is 0 Å². The Morgan fingerprint density at radius 1 is 1.39 bits per heavy atom. The molecule has 2 nitrogen and oxygen atoms in total. The van der Waals surface area contributed by atoms with E-state index in [-0.39, 0.29) is 0 Å². The van der Waals surface area contributed by atoms with Crippen molar-refractivity contribution in [3.63, 3.8) is 0 Å². The van der Waals surface area contributed by atoms with E-state index in [1.165, 1.54) is 0 Å². The average molecular weight is 278 g/mol. The number of thioether (sulfide) groups is 1. The van der Waals surface area contributed by atoms with Crippen molar-refractivity contribution in [2.24, 2.45) is 0 Å². The number of rotatable bonds is 4. The summed E-state index contributed by atoms with van der Waals surface area (Å²) in [6, 6.07) is 5.17. The van der Waals surface area contributed by atoms with Gasteiger partial charge in [0.1, 0.15) is 5.25 Å². The third-order valence-electron chi connectivity index (χ3n) is 2.34. The molecule has 0 fully saturated rings. The number of aryl methyl sites for hydroxylation is 2. The quantitative estimate of drug-likeness (QED) is 0.851. The molecule has 0 radical (unpaired) electrons. The predicted octanol–water partition coefficient (Wildman–Crippen LogP) is 3.80. The normalized spacial score (nSPS) is 13.4. The van der Waals surface area contributed by atoms with E-state index in [4.69, 9.17) is 5.11 Å². The summed E-state index contributed by atoms with van der Waals surface area (Å²) in [4.78, 5) is 11.0. The van der Waals surface area contributed by atoms with Crippen molar-refractivity contribution in [1.29, 1.82) is 0 Å². The van der Waals surface area contributed by atoms with Crippen LogP contribution in [0.25, 0.3) is 0 Å². The molecule has 0 aliphatic heterocycles. The van der Waals surface area contributed by atoms with Gasteiger partial charge in [-0.1, -0.05) is 17.7 Å². The number of hydrogen-bond donors (Lipinski definition) is 1. The molecule has 0 saturated heterocycles. The van der Waals surface area contributed by atoms with E-state index in [2.05, 4.69) is 0 Å². The highest BCUT2D eigenvalue weighted by molar-refractivity contribution is 8.00. The van der Waals surface area contributed by atoms with E-state index in [1.54, 1.807) is 32.0 Å². The number of aliphatic carboxylic acids is 1. The summed E-state index contributed by atoms with van der Waals surface area (Å²) in [5.41, 5.74) is 1.56. The molecule has 0 saturated carbocycles. The van der Waals surface area contributed by atoms with Crippen LogP contribution in [0.5, 0.6) is 0 Å². The van der Waals surface area contributed by atoms with E-state index in [1.807, 2.05) is 0 Å². The number of halogens is 3. The number of alkyl halides is 3. The Labute approximate surface area is 107 Å². The largest absolute Gasteiger partial charge is 0.481 e. The number of carboxylic acids is 1. The van der Waals surface area contributed by atoms with Gasteiger partial charge < -0.3 is 5.11 Å². The fourth-order valence-corrected chi connectivity index (χ4v) is 2.54. The molecule has 1 aromatic carbocycles. The van der Waals surface area contributed by atoms with Gasteiger partial charge in [0.15, 0.2) is 0 Å². The maximum absolute atomic E-state index is 12.7. The second-order valence-corrected chi connectivity index (χ2v) is 5.26. The molecular formula is C12H13F3O2S. The highest BCUT2D eigenvalue weighted by atomic mass is 32.2. The lowest BCUT2D eigenvalue weighted by atomic mass is 10.2. The predicted molar refractivity (Wildman–Crippen MR) is 63.9 cm³/mol. The molecule has 6 heteroatoms. The maximum Gasteiger partial charge on any atom is 0.401 e. The van der Waals surface area contributed by atoms with Gasteiger partial charge in [0.05, 0.1) is 6.42 Å². The molecule has 0 aromatic heterocycles. The van der Waals surface area contributed by atoms with Gasteiger partial charge in [0.2, 0.25) is 0 Å². The lowest BCUT2D eigenvalue weighted by Crippen LogP contribution is -2.28. The van der Waals surface area contributed by atoms with Crippen molar-refractivity contribution in [2.75, 3.05) is 0 Å². The second-order valence-electron chi connectivity index (χ2n) is 4.01. The van der Waals surface area contributed by atoms with Gasteiger partial charge in [-0.3, -0.25) is 4.79 Å². The monoisotopic (exact) mass is 278 g/mol. The van der Waals surface area contributed by atoms with Crippen LogP contribution in [0.4, 0.5) is 13.2 Å². The lowest BCUT2D eigenvalue weighted by Gasteiger charge is -2.19. The zero-order valence-electron chi connectivity index (χ0n) is 9.91. The van der Waals surface area contributed by atoms with Gasteiger partial charge in [-0.25, -0.2) is 0 Å². The van der Waals surface area contributed by atoms with Crippen LogP contribution >= 0.6 is 11.8 Å². The molecule has 0 aliphatic carbocycles. The Kier molecular flexibility index (Phi) is 4.67. The number of carbonyl (C=O) groups is 1. The Bertz CT molecular complexity index is 443. The standard InChI is InChI=1S/C12H13F3O2S/c1-7-3-4-8(2)9(5-7)18-10(6-11(16)17)12(13,14)15/h3-5,10H,6H2,1-2H3,(H,16,17). The molecule has 1 rings (SSSR count). The summed E-state index contributed by atoms with van der Waals surface area (Å²) in [6.45, 7) is 3.49. The average Bonchev–Trinajstić information content (AvgIpc) is 2.20. The van der Waals surface area contributed by atoms with Crippen molar-refractivity contribution in [3.05, 3.63) is 29.3 Å². The summed E-state index contributed by atoms with van der Waals surface area (Å²) < 4.78 is 38.1. The zero-order chi connectivity index (χ0) is 13.9. The number of benzene rings is 1. The fraction of sp³-hybridized carbons (Fsp3) is 0.417. The molecule has 1 N–H and O–H groups in total. The Hall–Kier alpha value is -1.17. The first-order valence-electron chi connectivity index (χ1n) is 5.22. The van der Waals surface area contributed by atoms with E-state index >= 15 is 0 Å². The first-order valence-corrected chi connectivity index (χ1v) is 6.10. The minimum atomic E-state index is -4.53. The smallest absolute Gasteiger partial charge is 0.401 e. The zero-order valence-corrected chi connectivity index (χ0v) is 10.7. The lowest BCUT2D eigenvalue weighted by molar-refractivity contribution is -0.149. The molecule has 1 unspecified atom stereocenters. The third kappa shape index (κ3) is 4.25. The van der Waals surface area contributed by atoms with Crippen molar-refractivity contribution < 1.29 is 23.1 Å². The molecule has 18 heavy (non-hydrogen) atoms. The molecule has 0 heterocycles. The van der Waals surface area contributed by atoms with Crippen LogP contribution in [0.3, 0.4) is 0 Å². The Morgan fingerprint density at radius 3 is 2.50 bits per heavy atom. The summed E-state index contributed by atoms with van der Waals surface area (Å²) in [5, 5.41) is 6.61. The van der Waals surface area contributed by atoms with Gasteiger partial charge >= 0.3 is 12.1 Å². The van der Waals surface area contributed by atoms with E-state index in [9.17, 15) is 18.0 Å². The minimum Gasteiger partial charge on any atom is -0.481 e. The first-order chi connectivity index (χ1) is 8.20. The van der Waals surface area contributed by atoms with E-state index in [0.717, 1.165) is 5.56 Å². The van der Waals surface area contributed by atoms with Crippen LogP contribution in [-0.4, -0.2) is 22.5 Å². The van der Waals surface area contributed by atoms with Gasteiger partial charge in [0.25, 0.3) is 0 Å². The van der Waals surface area contributed by atoms with Crippen LogP contribution in [0.1, 0.15) is 17.5 Å². The molecule has 0 aliphatic rings. The second kappa shape index (κ2) is 5.65. The van der Waals surface area contributed by atoms with Crippen molar-refractivity contribution in [1.82, 2.24) is 0 Å². The van der Waals surface area contributed by atoms with Crippen molar-refractivity contribution in [3.8, 4) is 0 Å². The third-order valence-corrected chi connectivity index (χ3v) is 3.75. The van der Waals surface area contributed by atoms with Gasteiger partial charge in [-0.2, -0.15) is 13.2 Å². The highest BCUT2D eigenvalue weighted by Crippen LogP contribution is 2.38. The Morgan fingerprint density at radius 2 is 2.00 bits per heavy atom. The molecule has 1 atom stereocenters. The number of hydrogen-bond acceptors (Lipinski definition) is 2. The maximum atomic E-state index is 12.7. The van der Waals surface area contributed by atoms with Gasteiger partial charge in [-0.15, -0.1) is 11.8 Å². The molecule has 1 aromatic rings. The summed E-state index contributed by atoms with van der Waals surface area (Å²) >= 11 is 0.559. The minimum absolute atomic E-state index is 0.471. The molecule has 0 bridgehead atoms. The first kappa shape index (κ1) is 14.9. The number of carboxylic acid groups (broad SMARTS) is 1. The topological polar surface area (TPSA) is 37.3 Å². The Balaban J connectivity index is 2.96. The highest BCUT2D eigenvalue weighted by Gasteiger charge is 2.41.